The van der Waals surface area contributed by atoms with Crippen LogP contribution < -0.4 is 10.2 Å². The first-order valence-electron chi connectivity index (χ1n) is 7.51. The van der Waals surface area contributed by atoms with Gasteiger partial charge in [-0.1, -0.05) is 6.92 Å². The highest BCUT2D eigenvalue weighted by Crippen LogP contribution is 2.26. The Kier molecular flexibility index (Phi) is 5.14. The zero-order chi connectivity index (χ0) is 13.7. The minimum absolute atomic E-state index is 0.502. The highest BCUT2D eigenvalue weighted by atomic mass is 15.2. The largest absolute Gasteiger partial charge is 0.351 e. The first-order valence-corrected chi connectivity index (χ1v) is 7.51. The first-order chi connectivity index (χ1) is 9.24. The summed E-state index contributed by atoms with van der Waals surface area (Å²) in [4.78, 5) is 11.4. The van der Waals surface area contributed by atoms with Gasteiger partial charge in [-0.2, -0.15) is 0 Å². The summed E-state index contributed by atoms with van der Waals surface area (Å²) >= 11 is 0. The number of anilines is 1. The van der Waals surface area contributed by atoms with E-state index in [9.17, 15) is 0 Å². The van der Waals surface area contributed by atoms with Gasteiger partial charge in [0.15, 0.2) is 0 Å². The lowest BCUT2D eigenvalue weighted by Gasteiger charge is -2.40. The summed E-state index contributed by atoms with van der Waals surface area (Å²) < 4.78 is 0. The van der Waals surface area contributed by atoms with Gasteiger partial charge in [-0.15, -0.1) is 0 Å². The van der Waals surface area contributed by atoms with Gasteiger partial charge in [0.1, 0.15) is 5.82 Å². The fourth-order valence-electron chi connectivity index (χ4n) is 2.93. The lowest BCUT2D eigenvalue weighted by molar-refractivity contribution is 0.365. The van der Waals surface area contributed by atoms with Gasteiger partial charge in [0.2, 0.25) is 0 Å². The second kappa shape index (κ2) is 6.85. The number of piperidine rings is 1. The highest BCUT2D eigenvalue weighted by Gasteiger charge is 2.28. The van der Waals surface area contributed by atoms with E-state index in [-0.39, 0.29) is 0 Å². The molecule has 2 rings (SSSR count). The van der Waals surface area contributed by atoms with Gasteiger partial charge in [0.05, 0.1) is 5.69 Å². The molecule has 1 aliphatic rings. The topological polar surface area (TPSA) is 41.0 Å². The van der Waals surface area contributed by atoms with Gasteiger partial charge < -0.3 is 10.2 Å². The molecule has 1 aromatic rings. The monoisotopic (exact) mass is 262 g/mol. The maximum Gasteiger partial charge on any atom is 0.150 e. The molecule has 1 aromatic heterocycles. The van der Waals surface area contributed by atoms with Crippen LogP contribution in [0.2, 0.25) is 0 Å². The third-order valence-corrected chi connectivity index (χ3v) is 3.97. The van der Waals surface area contributed by atoms with Crippen LogP contribution in [0.15, 0.2) is 12.4 Å². The molecule has 1 fully saturated rings. The lowest BCUT2D eigenvalue weighted by atomic mass is 9.96. The molecular formula is C15H26N4. The van der Waals surface area contributed by atoms with Crippen molar-refractivity contribution in [3.8, 4) is 0 Å². The van der Waals surface area contributed by atoms with Crippen LogP contribution in [0.25, 0.3) is 0 Å². The molecule has 2 heterocycles. The molecule has 2 unspecified atom stereocenters. The molecule has 0 radical (unpaired) electrons. The van der Waals surface area contributed by atoms with Crippen molar-refractivity contribution >= 4 is 5.82 Å². The third kappa shape index (κ3) is 3.44. The predicted octanol–water partition coefficient (Wildman–Crippen LogP) is 2.53. The van der Waals surface area contributed by atoms with Crippen molar-refractivity contribution in [1.29, 1.82) is 0 Å². The number of rotatable bonds is 5. The summed E-state index contributed by atoms with van der Waals surface area (Å²) in [7, 11) is 0. The number of nitrogens with zero attached hydrogens (tertiary/aromatic N) is 3. The number of aryl methyl sites for hydroxylation is 1. The molecule has 2 atom stereocenters. The molecule has 1 aliphatic heterocycles. The zero-order valence-corrected chi connectivity index (χ0v) is 12.4. The van der Waals surface area contributed by atoms with E-state index in [1.54, 1.807) is 12.4 Å². The molecule has 0 aliphatic carbocycles. The summed E-state index contributed by atoms with van der Waals surface area (Å²) in [5, 5.41) is 3.63. The van der Waals surface area contributed by atoms with Crippen LogP contribution in [0.3, 0.4) is 0 Å². The molecule has 0 amide bonds. The van der Waals surface area contributed by atoms with E-state index >= 15 is 0 Å². The number of hydrogen-bond donors (Lipinski definition) is 1. The van der Waals surface area contributed by atoms with E-state index in [0.717, 1.165) is 24.6 Å². The van der Waals surface area contributed by atoms with E-state index in [2.05, 4.69) is 41.0 Å². The zero-order valence-electron chi connectivity index (χ0n) is 12.4. The Labute approximate surface area is 116 Å². The van der Waals surface area contributed by atoms with Crippen molar-refractivity contribution in [2.24, 2.45) is 0 Å². The van der Waals surface area contributed by atoms with Crippen molar-refractivity contribution in [2.75, 3.05) is 18.0 Å². The summed E-state index contributed by atoms with van der Waals surface area (Å²) in [6.07, 6.45) is 8.58. The third-order valence-electron chi connectivity index (χ3n) is 3.97. The Morgan fingerprint density at radius 1 is 1.37 bits per heavy atom. The lowest BCUT2D eigenvalue weighted by Crippen LogP contribution is -2.52. The van der Waals surface area contributed by atoms with Gasteiger partial charge in [-0.05, 0) is 46.1 Å². The molecule has 4 nitrogen and oxygen atoms in total. The molecule has 1 saturated heterocycles. The molecular weight excluding hydrogens is 236 g/mol. The normalized spacial score (nSPS) is 21.4. The maximum absolute atomic E-state index is 4.55. The van der Waals surface area contributed by atoms with Crippen molar-refractivity contribution in [2.45, 2.75) is 58.5 Å². The summed E-state index contributed by atoms with van der Waals surface area (Å²) in [6.45, 7) is 8.75. The molecule has 4 heteroatoms. The molecule has 0 spiro atoms. The smallest absolute Gasteiger partial charge is 0.150 e. The Balaban J connectivity index is 2.14. The van der Waals surface area contributed by atoms with E-state index in [1.165, 1.54) is 25.7 Å². The van der Waals surface area contributed by atoms with Gasteiger partial charge in [0.25, 0.3) is 0 Å². The molecule has 1 N–H and O–H groups in total. The molecule has 106 valence electrons. The van der Waals surface area contributed by atoms with Crippen LogP contribution in [-0.2, 0) is 0 Å². The quantitative estimate of drug-likeness (QED) is 0.885. The van der Waals surface area contributed by atoms with E-state index in [4.69, 9.17) is 0 Å². The average Bonchev–Trinajstić information content (AvgIpc) is 2.45. The fraction of sp³-hybridized carbons (Fsp3) is 0.733. The van der Waals surface area contributed by atoms with Crippen LogP contribution in [0, 0.1) is 6.92 Å². The van der Waals surface area contributed by atoms with Crippen molar-refractivity contribution < 1.29 is 0 Å². The Morgan fingerprint density at radius 3 is 2.89 bits per heavy atom. The molecule has 0 bridgehead atoms. The minimum atomic E-state index is 0.502. The SMILES string of the molecule is CCCNC(C)C1CCCCN1c1nccnc1C. The van der Waals surface area contributed by atoms with E-state index in [1.807, 2.05) is 0 Å². The highest BCUT2D eigenvalue weighted by molar-refractivity contribution is 5.44. The first kappa shape index (κ1) is 14.3. The van der Waals surface area contributed by atoms with Crippen LogP contribution in [0.1, 0.15) is 45.2 Å². The second-order valence-electron chi connectivity index (χ2n) is 5.46. The van der Waals surface area contributed by atoms with Crippen molar-refractivity contribution in [3.05, 3.63) is 18.1 Å². The van der Waals surface area contributed by atoms with Crippen LogP contribution in [0.5, 0.6) is 0 Å². The Hall–Kier alpha value is -1.16. The number of hydrogen-bond acceptors (Lipinski definition) is 4. The maximum atomic E-state index is 4.55. The van der Waals surface area contributed by atoms with Crippen LogP contribution in [-0.4, -0.2) is 35.1 Å². The van der Waals surface area contributed by atoms with E-state index < -0.39 is 0 Å². The van der Waals surface area contributed by atoms with Crippen molar-refractivity contribution in [3.63, 3.8) is 0 Å². The van der Waals surface area contributed by atoms with Gasteiger partial charge in [-0.3, -0.25) is 4.98 Å². The molecule has 0 aromatic carbocycles. The standard InChI is InChI=1S/C15H26N4/c1-4-8-16-12(2)14-7-5-6-11-19(14)15-13(3)17-9-10-18-15/h9-10,12,14,16H,4-8,11H2,1-3H3. The Bertz CT molecular complexity index is 393. The molecule has 0 saturated carbocycles. The number of aromatic nitrogens is 2. The Morgan fingerprint density at radius 2 is 2.16 bits per heavy atom. The number of nitrogens with one attached hydrogen (secondary N) is 1. The predicted molar refractivity (Wildman–Crippen MR) is 79.5 cm³/mol. The van der Waals surface area contributed by atoms with Gasteiger partial charge >= 0.3 is 0 Å². The summed E-state index contributed by atoms with van der Waals surface area (Å²) in [6, 6.07) is 1.04. The van der Waals surface area contributed by atoms with Crippen LogP contribution >= 0.6 is 0 Å². The molecule has 19 heavy (non-hydrogen) atoms. The second-order valence-corrected chi connectivity index (χ2v) is 5.46. The van der Waals surface area contributed by atoms with Gasteiger partial charge in [-0.25, -0.2) is 4.98 Å². The summed E-state index contributed by atoms with van der Waals surface area (Å²) in [5.41, 5.74) is 1.04. The summed E-state index contributed by atoms with van der Waals surface area (Å²) in [5.74, 6) is 1.07. The average molecular weight is 262 g/mol. The van der Waals surface area contributed by atoms with Crippen molar-refractivity contribution in [1.82, 2.24) is 15.3 Å². The van der Waals surface area contributed by atoms with Crippen LogP contribution in [0.4, 0.5) is 5.82 Å². The minimum Gasteiger partial charge on any atom is -0.351 e. The van der Waals surface area contributed by atoms with Gasteiger partial charge in [0, 0.05) is 31.0 Å². The fourth-order valence-corrected chi connectivity index (χ4v) is 2.93. The van der Waals surface area contributed by atoms with E-state index in [0.29, 0.717) is 12.1 Å².